The van der Waals surface area contributed by atoms with Crippen molar-refractivity contribution < 1.29 is 14.3 Å². The van der Waals surface area contributed by atoms with Gasteiger partial charge in [0, 0.05) is 55.4 Å². The summed E-state index contributed by atoms with van der Waals surface area (Å²) in [6.45, 7) is 7.76. The number of ether oxygens (including phenoxy) is 2. The Kier molecular flexibility index (Phi) is 9.31. The van der Waals surface area contributed by atoms with Gasteiger partial charge < -0.3 is 29.1 Å². The van der Waals surface area contributed by atoms with Gasteiger partial charge in [-0.1, -0.05) is 49.0 Å². The normalized spacial score (nSPS) is 16.2. The van der Waals surface area contributed by atoms with Crippen LogP contribution in [0, 0.1) is 11.3 Å². The fraction of sp³-hybridized carbons (Fsp3) is 0.333. The summed E-state index contributed by atoms with van der Waals surface area (Å²) in [6, 6.07) is 24.7. The molecule has 6 rings (SSSR count). The van der Waals surface area contributed by atoms with Crippen LogP contribution in [0.2, 0.25) is 0 Å². The monoisotopic (exact) mass is 617 g/mol. The number of piperazine rings is 1. The van der Waals surface area contributed by atoms with Gasteiger partial charge in [0.15, 0.2) is 0 Å². The third-order valence-electron chi connectivity index (χ3n) is 8.49. The summed E-state index contributed by atoms with van der Waals surface area (Å²) in [5.41, 5.74) is 3.07. The van der Waals surface area contributed by atoms with E-state index in [9.17, 15) is 10.1 Å². The lowest BCUT2D eigenvalue weighted by molar-refractivity contribution is -0.128. The number of hydrogen-bond acceptors (Lipinski definition) is 9. The Balaban J connectivity index is 1.34. The van der Waals surface area contributed by atoms with E-state index in [0.717, 1.165) is 64.5 Å². The smallest absolute Gasteiger partial charge is 0.318 e. The molecular weight excluding hydrogens is 578 g/mol. The highest BCUT2D eigenvalue weighted by molar-refractivity contribution is 5.96. The number of fused-ring (bicyclic) bond motifs is 2. The van der Waals surface area contributed by atoms with Crippen molar-refractivity contribution in [3.63, 3.8) is 0 Å². The van der Waals surface area contributed by atoms with E-state index in [2.05, 4.69) is 57.7 Å². The van der Waals surface area contributed by atoms with E-state index in [1.807, 2.05) is 50.5 Å². The molecule has 0 unspecified atom stereocenters. The average Bonchev–Trinajstić information content (AvgIpc) is 3.07. The Morgan fingerprint density at radius 3 is 2.63 bits per heavy atom. The van der Waals surface area contributed by atoms with Crippen molar-refractivity contribution in [2.75, 3.05) is 63.2 Å². The van der Waals surface area contributed by atoms with Crippen LogP contribution in [0.3, 0.4) is 0 Å². The minimum absolute atomic E-state index is 0.154. The molecule has 0 N–H and O–H groups in total. The summed E-state index contributed by atoms with van der Waals surface area (Å²) < 4.78 is 12.4. The van der Waals surface area contributed by atoms with Gasteiger partial charge in [-0.3, -0.25) is 4.79 Å². The van der Waals surface area contributed by atoms with Crippen LogP contribution in [-0.4, -0.2) is 85.1 Å². The zero-order chi connectivity index (χ0) is 32.0. The lowest BCUT2D eigenvalue weighted by Crippen LogP contribution is -2.55. The van der Waals surface area contributed by atoms with Gasteiger partial charge in [-0.25, -0.2) is 0 Å². The first-order chi connectivity index (χ1) is 22.4. The lowest BCUT2D eigenvalue weighted by Gasteiger charge is -2.42. The predicted octanol–water partition coefficient (Wildman–Crippen LogP) is 5.04. The summed E-state index contributed by atoms with van der Waals surface area (Å²) >= 11 is 0. The molecule has 3 aromatic carbocycles. The minimum atomic E-state index is -0.258. The molecule has 2 aliphatic rings. The first-order valence-corrected chi connectivity index (χ1v) is 15.7. The van der Waals surface area contributed by atoms with Gasteiger partial charge in [0.1, 0.15) is 23.9 Å². The van der Waals surface area contributed by atoms with Crippen LogP contribution >= 0.6 is 0 Å². The molecule has 10 heteroatoms. The first-order valence-electron chi connectivity index (χ1n) is 15.7. The maximum Gasteiger partial charge on any atom is 0.318 e. The maximum atomic E-state index is 12.6. The van der Waals surface area contributed by atoms with Crippen molar-refractivity contribution in [3.8, 4) is 23.6 Å². The largest absolute Gasteiger partial charge is 0.462 e. The van der Waals surface area contributed by atoms with Crippen molar-refractivity contribution >= 4 is 28.2 Å². The Bertz CT molecular complexity index is 1750. The number of rotatable bonds is 10. The van der Waals surface area contributed by atoms with Crippen LogP contribution in [0.5, 0.6) is 17.5 Å². The molecule has 236 valence electrons. The minimum Gasteiger partial charge on any atom is -0.462 e. The van der Waals surface area contributed by atoms with Gasteiger partial charge in [0.2, 0.25) is 5.91 Å². The molecule has 0 spiro atoms. The molecule has 4 aromatic rings. The highest BCUT2D eigenvalue weighted by atomic mass is 16.5. The fourth-order valence-corrected chi connectivity index (χ4v) is 6.18. The van der Waals surface area contributed by atoms with Crippen molar-refractivity contribution in [1.82, 2.24) is 19.8 Å². The highest BCUT2D eigenvalue weighted by Crippen LogP contribution is 2.38. The van der Waals surface area contributed by atoms with Gasteiger partial charge in [-0.15, -0.1) is 0 Å². The second kappa shape index (κ2) is 13.9. The average molecular weight is 618 g/mol. The maximum absolute atomic E-state index is 12.6. The fourth-order valence-electron chi connectivity index (χ4n) is 6.18. The van der Waals surface area contributed by atoms with Crippen LogP contribution in [-0.2, 0) is 17.8 Å². The molecule has 1 amide bonds. The Morgan fingerprint density at radius 2 is 1.85 bits per heavy atom. The first kappa shape index (κ1) is 30.9. The number of likely N-dealkylation sites (N-methyl/N-ethyl adjacent to an activating group) is 1. The van der Waals surface area contributed by atoms with E-state index in [4.69, 9.17) is 19.4 Å². The van der Waals surface area contributed by atoms with Crippen molar-refractivity contribution in [2.24, 2.45) is 0 Å². The topological polar surface area (TPSA) is 98.1 Å². The van der Waals surface area contributed by atoms with Crippen molar-refractivity contribution in [3.05, 3.63) is 90.6 Å². The highest BCUT2D eigenvalue weighted by Gasteiger charge is 2.33. The van der Waals surface area contributed by atoms with Crippen molar-refractivity contribution in [1.29, 1.82) is 5.26 Å². The molecule has 1 atom stereocenters. The van der Waals surface area contributed by atoms with Crippen LogP contribution in [0.15, 0.2) is 79.4 Å². The summed E-state index contributed by atoms with van der Waals surface area (Å²) in [5.74, 6) is 2.23. The molecule has 0 radical (unpaired) electrons. The van der Waals surface area contributed by atoms with E-state index in [0.29, 0.717) is 38.8 Å². The molecule has 1 aromatic heterocycles. The lowest BCUT2D eigenvalue weighted by atomic mass is 10.0. The quantitative estimate of drug-likeness (QED) is 0.227. The molecule has 0 saturated carbocycles. The number of nitriles is 1. The SMILES string of the molecule is C=CC(=O)N1CCN(c2nc(OCCN(C)C)nc3c2CCN(c2cc(Oc4ccccc4)cc4ccccc24)C3)C[C@@H]1CC#N. The molecule has 1 saturated heterocycles. The second-order valence-electron chi connectivity index (χ2n) is 11.9. The van der Waals surface area contributed by atoms with Crippen molar-refractivity contribution in [2.45, 2.75) is 25.4 Å². The predicted molar refractivity (Wildman–Crippen MR) is 179 cm³/mol. The zero-order valence-electron chi connectivity index (χ0n) is 26.4. The van der Waals surface area contributed by atoms with E-state index >= 15 is 0 Å². The third kappa shape index (κ3) is 6.75. The van der Waals surface area contributed by atoms with Gasteiger partial charge in [0.05, 0.1) is 30.8 Å². The molecule has 10 nitrogen and oxygen atoms in total. The van der Waals surface area contributed by atoms with Gasteiger partial charge in [0.25, 0.3) is 0 Å². The number of amides is 1. The molecule has 2 aliphatic heterocycles. The van der Waals surface area contributed by atoms with Crippen LogP contribution in [0.4, 0.5) is 11.5 Å². The van der Waals surface area contributed by atoms with Crippen LogP contribution in [0.1, 0.15) is 17.7 Å². The molecule has 46 heavy (non-hydrogen) atoms. The number of para-hydroxylation sites is 1. The number of hydrogen-bond donors (Lipinski definition) is 0. The number of carbonyl (C=O) groups is 1. The summed E-state index contributed by atoms with van der Waals surface area (Å²) in [5, 5.41) is 11.8. The summed E-state index contributed by atoms with van der Waals surface area (Å²) in [4.78, 5) is 30.8. The molecule has 0 bridgehead atoms. The van der Waals surface area contributed by atoms with Gasteiger partial charge in [-0.05, 0) is 50.2 Å². The molecule has 0 aliphatic carbocycles. The van der Waals surface area contributed by atoms with Gasteiger partial charge in [-0.2, -0.15) is 15.2 Å². The molecule has 1 fully saturated rings. The number of benzene rings is 3. The van der Waals surface area contributed by atoms with E-state index < -0.39 is 0 Å². The second-order valence-corrected chi connectivity index (χ2v) is 11.9. The Labute approximate surface area is 270 Å². The third-order valence-corrected chi connectivity index (χ3v) is 8.49. The van der Waals surface area contributed by atoms with Crippen LogP contribution < -0.4 is 19.3 Å². The number of carbonyl (C=O) groups excluding carboxylic acids is 1. The number of anilines is 2. The Hall–Kier alpha value is -5.14. The number of aromatic nitrogens is 2. The van der Waals surface area contributed by atoms with Gasteiger partial charge >= 0.3 is 6.01 Å². The molecule has 3 heterocycles. The summed E-state index contributed by atoms with van der Waals surface area (Å²) in [6.07, 6.45) is 2.29. The summed E-state index contributed by atoms with van der Waals surface area (Å²) in [7, 11) is 4.00. The van der Waals surface area contributed by atoms with Crippen LogP contribution in [0.25, 0.3) is 10.8 Å². The standard InChI is InChI=1S/C36H39N7O3/c1-4-34(44)43-19-18-42(24-27(43)14-16-37)35-31-15-17-41(25-32(31)38-36(39-35)45-21-20-40(2)3)33-23-29(46-28-11-6-5-7-12-28)22-26-10-8-9-13-30(26)33/h4-13,22-23,27H,1,14-15,17-21,24-25H2,2-3H3/t27-/m0/s1. The van der Waals surface area contributed by atoms with E-state index in [-0.39, 0.29) is 18.4 Å². The van der Waals surface area contributed by atoms with E-state index in [1.54, 1.807) is 4.90 Å². The molecular formula is C36H39N7O3. The Morgan fingerprint density at radius 1 is 1.04 bits per heavy atom. The number of nitrogens with zero attached hydrogens (tertiary/aromatic N) is 7. The van der Waals surface area contributed by atoms with E-state index in [1.165, 1.54) is 6.08 Å². The zero-order valence-corrected chi connectivity index (χ0v) is 26.4.